The Hall–Kier alpha value is -0.610. The van der Waals surface area contributed by atoms with Gasteiger partial charge in [-0.05, 0) is 38.5 Å². The third kappa shape index (κ3) is 18.0. The number of hydrogen-bond acceptors (Lipinski definition) is 4. The van der Waals surface area contributed by atoms with Crippen molar-refractivity contribution < 1.29 is 19.0 Å². The standard InChI is InChI=1S/C21H42O4/c1-4-7-17-23-20(22)15-13-11-10-12-14-16-21(24-18-8-5-2)25-19-9-6-3/h21H,4-19H2,1-3H3. The van der Waals surface area contributed by atoms with Crippen LogP contribution in [0.1, 0.15) is 104 Å². The lowest BCUT2D eigenvalue weighted by Crippen LogP contribution is -2.18. The van der Waals surface area contributed by atoms with Gasteiger partial charge in [0, 0.05) is 19.6 Å². The van der Waals surface area contributed by atoms with E-state index in [0.717, 1.165) is 77.4 Å². The second kappa shape index (κ2) is 19.7. The van der Waals surface area contributed by atoms with E-state index >= 15 is 0 Å². The second-order valence-electron chi connectivity index (χ2n) is 6.76. The first-order valence-corrected chi connectivity index (χ1v) is 10.6. The molecule has 0 radical (unpaired) electrons. The van der Waals surface area contributed by atoms with Crippen LogP contribution in [0.25, 0.3) is 0 Å². The molecule has 0 atom stereocenters. The van der Waals surface area contributed by atoms with Crippen molar-refractivity contribution in [2.45, 2.75) is 111 Å². The van der Waals surface area contributed by atoms with Crippen molar-refractivity contribution in [2.75, 3.05) is 19.8 Å². The highest BCUT2D eigenvalue weighted by molar-refractivity contribution is 5.69. The first kappa shape index (κ1) is 24.4. The molecule has 0 saturated heterocycles. The van der Waals surface area contributed by atoms with Crippen LogP contribution in [0.5, 0.6) is 0 Å². The van der Waals surface area contributed by atoms with E-state index in [4.69, 9.17) is 14.2 Å². The summed E-state index contributed by atoms with van der Waals surface area (Å²) in [5.41, 5.74) is 0. The SMILES string of the molecule is CCCCOC(=O)CCCCCCCC(OCCCC)OCCCC. The number of hydrogen-bond donors (Lipinski definition) is 0. The van der Waals surface area contributed by atoms with Gasteiger partial charge in [-0.15, -0.1) is 0 Å². The lowest BCUT2D eigenvalue weighted by Gasteiger charge is -2.18. The minimum Gasteiger partial charge on any atom is -0.466 e. The van der Waals surface area contributed by atoms with Crippen LogP contribution >= 0.6 is 0 Å². The van der Waals surface area contributed by atoms with Crippen LogP contribution < -0.4 is 0 Å². The first-order valence-electron chi connectivity index (χ1n) is 10.6. The number of ether oxygens (including phenoxy) is 3. The zero-order valence-electron chi connectivity index (χ0n) is 17.0. The first-order chi connectivity index (χ1) is 12.2. The minimum absolute atomic E-state index is 0.0355. The van der Waals surface area contributed by atoms with Gasteiger partial charge in [-0.3, -0.25) is 4.79 Å². The van der Waals surface area contributed by atoms with Gasteiger partial charge < -0.3 is 14.2 Å². The van der Waals surface area contributed by atoms with Crippen molar-refractivity contribution in [3.05, 3.63) is 0 Å². The summed E-state index contributed by atoms with van der Waals surface area (Å²) in [6.07, 6.45) is 13.6. The van der Waals surface area contributed by atoms with Crippen LogP contribution in [0.2, 0.25) is 0 Å². The van der Waals surface area contributed by atoms with Crippen LogP contribution in [-0.4, -0.2) is 32.1 Å². The van der Waals surface area contributed by atoms with E-state index in [-0.39, 0.29) is 12.3 Å². The number of rotatable bonds is 19. The molecule has 0 aromatic heterocycles. The molecular formula is C21H42O4. The fourth-order valence-corrected chi connectivity index (χ4v) is 2.45. The summed E-state index contributed by atoms with van der Waals surface area (Å²) in [6.45, 7) is 8.63. The fraction of sp³-hybridized carbons (Fsp3) is 0.952. The molecule has 0 saturated carbocycles. The molecule has 0 amide bonds. The van der Waals surface area contributed by atoms with E-state index in [1.54, 1.807) is 0 Å². The van der Waals surface area contributed by atoms with Crippen LogP contribution in [0.3, 0.4) is 0 Å². The topological polar surface area (TPSA) is 44.8 Å². The fourth-order valence-electron chi connectivity index (χ4n) is 2.45. The molecule has 4 heteroatoms. The predicted octanol–water partition coefficient (Wildman–Crippen LogP) is 6.02. The quantitative estimate of drug-likeness (QED) is 0.161. The Bertz CT molecular complexity index is 271. The molecule has 0 aromatic rings. The lowest BCUT2D eigenvalue weighted by atomic mass is 10.1. The maximum Gasteiger partial charge on any atom is 0.305 e. The number of carbonyl (C=O) groups excluding carboxylic acids is 1. The monoisotopic (exact) mass is 358 g/mol. The number of carbonyl (C=O) groups is 1. The molecule has 0 spiro atoms. The smallest absolute Gasteiger partial charge is 0.305 e. The van der Waals surface area contributed by atoms with Gasteiger partial charge in [-0.1, -0.05) is 59.3 Å². The average molecular weight is 359 g/mol. The van der Waals surface area contributed by atoms with Gasteiger partial charge >= 0.3 is 5.97 Å². The summed E-state index contributed by atoms with van der Waals surface area (Å²) in [5, 5.41) is 0. The van der Waals surface area contributed by atoms with E-state index in [1.807, 2.05) is 0 Å². The van der Waals surface area contributed by atoms with Crippen LogP contribution in [-0.2, 0) is 19.0 Å². The molecule has 4 nitrogen and oxygen atoms in total. The van der Waals surface area contributed by atoms with E-state index in [9.17, 15) is 4.79 Å². The minimum atomic E-state index is -0.0397. The Morgan fingerprint density at radius 1 is 0.680 bits per heavy atom. The molecule has 0 bridgehead atoms. The Morgan fingerprint density at radius 2 is 1.20 bits per heavy atom. The van der Waals surface area contributed by atoms with Crippen molar-refractivity contribution in [2.24, 2.45) is 0 Å². The van der Waals surface area contributed by atoms with Crippen molar-refractivity contribution in [1.29, 1.82) is 0 Å². The van der Waals surface area contributed by atoms with Crippen molar-refractivity contribution in [3.8, 4) is 0 Å². The second-order valence-corrected chi connectivity index (χ2v) is 6.76. The lowest BCUT2D eigenvalue weighted by molar-refractivity contribution is -0.147. The highest BCUT2D eigenvalue weighted by Gasteiger charge is 2.09. The van der Waals surface area contributed by atoms with Crippen LogP contribution in [0.15, 0.2) is 0 Å². The van der Waals surface area contributed by atoms with Crippen molar-refractivity contribution in [1.82, 2.24) is 0 Å². The Morgan fingerprint density at radius 3 is 1.80 bits per heavy atom. The third-order valence-electron chi connectivity index (χ3n) is 4.18. The van der Waals surface area contributed by atoms with Crippen molar-refractivity contribution in [3.63, 3.8) is 0 Å². The number of unbranched alkanes of at least 4 members (excludes halogenated alkanes) is 7. The molecule has 0 fully saturated rings. The maximum atomic E-state index is 11.5. The molecule has 0 rings (SSSR count). The zero-order valence-corrected chi connectivity index (χ0v) is 17.0. The van der Waals surface area contributed by atoms with Gasteiger partial charge in [0.2, 0.25) is 0 Å². The summed E-state index contributed by atoms with van der Waals surface area (Å²) < 4.78 is 16.9. The summed E-state index contributed by atoms with van der Waals surface area (Å²) in [5.74, 6) is -0.0397. The maximum absolute atomic E-state index is 11.5. The third-order valence-corrected chi connectivity index (χ3v) is 4.18. The van der Waals surface area contributed by atoms with E-state index < -0.39 is 0 Å². The molecule has 0 aliphatic heterocycles. The summed E-state index contributed by atoms with van der Waals surface area (Å²) in [6, 6.07) is 0. The van der Waals surface area contributed by atoms with Crippen LogP contribution in [0, 0.1) is 0 Å². The molecule has 0 aliphatic rings. The molecule has 0 heterocycles. The van der Waals surface area contributed by atoms with Gasteiger partial charge in [-0.25, -0.2) is 0 Å². The van der Waals surface area contributed by atoms with Crippen molar-refractivity contribution >= 4 is 5.97 Å². The van der Waals surface area contributed by atoms with E-state index in [1.165, 1.54) is 12.8 Å². The Kier molecular flexibility index (Phi) is 19.2. The molecule has 150 valence electrons. The van der Waals surface area contributed by atoms with Gasteiger partial charge in [-0.2, -0.15) is 0 Å². The highest BCUT2D eigenvalue weighted by atomic mass is 16.7. The summed E-state index contributed by atoms with van der Waals surface area (Å²) >= 11 is 0. The molecule has 25 heavy (non-hydrogen) atoms. The molecule has 0 aromatic carbocycles. The predicted molar refractivity (Wildman–Crippen MR) is 104 cm³/mol. The summed E-state index contributed by atoms with van der Waals surface area (Å²) in [7, 11) is 0. The van der Waals surface area contributed by atoms with Gasteiger partial charge in [0.25, 0.3) is 0 Å². The van der Waals surface area contributed by atoms with Gasteiger partial charge in [0.15, 0.2) is 6.29 Å². The van der Waals surface area contributed by atoms with E-state index in [2.05, 4.69) is 20.8 Å². The van der Waals surface area contributed by atoms with E-state index in [0.29, 0.717) is 13.0 Å². The Balaban J connectivity index is 3.59. The van der Waals surface area contributed by atoms with Gasteiger partial charge in [0.05, 0.1) is 6.61 Å². The highest BCUT2D eigenvalue weighted by Crippen LogP contribution is 2.13. The summed E-state index contributed by atoms with van der Waals surface area (Å²) in [4.78, 5) is 11.5. The zero-order chi connectivity index (χ0) is 18.6. The average Bonchev–Trinajstić information content (AvgIpc) is 2.61. The Labute approximate surface area is 156 Å². The molecule has 0 N–H and O–H groups in total. The van der Waals surface area contributed by atoms with Gasteiger partial charge in [0.1, 0.15) is 0 Å². The molecule has 0 unspecified atom stereocenters. The number of esters is 1. The molecular weight excluding hydrogens is 316 g/mol. The normalized spacial score (nSPS) is 11.2. The largest absolute Gasteiger partial charge is 0.466 e. The molecule has 0 aliphatic carbocycles. The van der Waals surface area contributed by atoms with Crippen LogP contribution in [0.4, 0.5) is 0 Å².